The monoisotopic (exact) mass is 234 g/mol. The Morgan fingerprint density at radius 1 is 1.38 bits per heavy atom. The van der Waals surface area contributed by atoms with E-state index in [9.17, 15) is 0 Å². The van der Waals surface area contributed by atoms with Crippen molar-refractivity contribution in [3.05, 3.63) is 5.82 Å². The Labute approximate surface area is 99.0 Å². The van der Waals surface area contributed by atoms with Gasteiger partial charge in [0, 0.05) is 12.0 Å². The molecule has 0 amide bonds. The fourth-order valence-corrected chi connectivity index (χ4v) is 2.66. The molecule has 0 saturated heterocycles. The highest BCUT2D eigenvalue weighted by molar-refractivity contribution is 8.00. The summed E-state index contributed by atoms with van der Waals surface area (Å²) in [7, 11) is 0. The largest absolute Gasteiger partial charge is 0.303 e. The highest BCUT2D eigenvalue weighted by atomic mass is 32.2. The number of nitriles is 1. The SMILES string of the molecule is CC(C#N)Sc1nnc(C2CC2)n1C1CC1. The summed E-state index contributed by atoms with van der Waals surface area (Å²) < 4.78 is 2.29. The summed E-state index contributed by atoms with van der Waals surface area (Å²) in [4.78, 5) is 0. The highest BCUT2D eigenvalue weighted by Gasteiger charge is 2.36. The molecule has 2 saturated carbocycles. The van der Waals surface area contributed by atoms with Crippen molar-refractivity contribution in [1.82, 2.24) is 14.8 Å². The molecule has 1 atom stereocenters. The van der Waals surface area contributed by atoms with Crippen LogP contribution in [0, 0.1) is 11.3 Å². The van der Waals surface area contributed by atoms with Crippen molar-refractivity contribution in [2.24, 2.45) is 0 Å². The van der Waals surface area contributed by atoms with Gasteiger partial charge in [-0.1, -0.05) is 11.8 Å². The summed E-state index contributed by atoms with van der Waals surface area (Å²) in [6.45, 7) is 1.91. The molecule has 0 radical (unpaired) electrons. The first kappa shape index (κ1) is 10.2. The van der Waals surface area contributed by atoms with Crippen LogP contribution in [0.25, 0.3) is 0 Å². The van der Waals surface area contributed by atoms with Gasteiger partial charge in [-0.2, -0.15) is 5.26 Å². The third-order valence-electron chi connectivity index (χ3n) is 3.01. The first-order valence-corrected chi connectivity index (χ1v) is 6.68. The molecule has 1 aromatic heterocycles. The van der Waals surface area contributed by atoms with E-state index in [1.807, 2.05) is 6.92 Å². The Kier molecular flexibility index (Phi) is 2.40. The lowest BCUT2D eigenvalue weighted by Gasteiger charge is -2.08. The molecule has 1 heterocycles. The molecule has 1 aromatic rings. The lowest BCUT2D eigenvalue weighted by molar-refractivity contribution is 0.626. The smallest absolute Gasteiger partial charge is 0.192 e. The van der Waals surface area contributed by atoms with Crippen molar-refractivity contribution in [2.45, 2.75) is 55.0 Å². The molecule has 0 bridgehead atoms. The summed E-state index contributed by atoms with van der Waals surface area (Å²) in [6, 6.07) is 2.85. The van der Waals surface area contributed by atoms with Gasteiger partial charge in [0.2, 0.25) is 0 Å². The summed E-state index contributed by atoms with van der Waals surface area (Å²) in [5.41, 5.74) is 0. The van der Waals surface area contributed by atoms with Gasteiger partial charge in [0.05, 0.1) is 11.3 Å². The summed E-state index contributed by atoms with van der Waals surface area (Å²) in [5.74, 6) is 1.80. The summed E-state index contributed by atoms with van der Waals surface area (Å²) in [6.07, 6.45) is 4.99. The summed E-state index contributed by atoms with van der Waals surface area (Å²) in [5, 5.41) is 18.3. The van der Waals surface area contributed by atoms with Crippen LogP contribution < -0.4 is 0 Å². The van der Waals surface area contributed by atoms with Crippen LogP contribution in [0.15, 0.2) is 5.16 Å². The zero-order valence-electron chi connectivity index (χ0n) is 9.26. The number of hydrogen-bond acceptors (Lipinski definition) is 4. The Hall–Kier alpha value is -1.02. The number of rotatable bonds is 4. The van der Waals surface area contributed by atoms with E-state index in [4.69, 9.17) is 5.26 Å². The van der Waals surface area contributed by atoms with Crippen molar-refractivity contribution in [1.29, 1.82) is 5.26 Å². The zero-order valence-corrected chi connectivity index (χ0v) is 10.1. The van der Waals surface area contributed by atoms with E-state index in [1.54, 1.807) is 0 Å². The molecule has 0 spiro atoms. The van der Waals surface area contributed by atoms with Gasteiger partial charge in [-0.25, -0.2) is 0 Å². The molecule has 0 aromatic carbocycles. The maximum absolute atomic E-state index is 8.84. The van der Waals surface area contributed by atoms with Crippen LogP contribution in [0.5, 0.6) is 0 Å². The van der Waals surface area contributed by atoms with Crippen LogP contribution in [-0.2, 0) is 0 Å². The quantitative estimate of drug-likeness (QED) is 0.751. The predicted octanol–water partition coefficient (Wildman–Crippen LogP) is 2.49. The standard InChI is InChI=1S/C11H14N4S/c1-7(6-12)16-11-14-13-10(8-2-3-8)15(11)9-4-5-9/h7-9H,2-5H2,1H3. The van der Waals surface area contributed by atoms with Crippen LogP contribution in [0.1, 0.15) is 50.4 Å². The maximum atomic E-state index is 8.84. The second-order valence-corrected chi connectivity index (χ2v) is 5.91. The Bertz CT molecular complexity index is 439. The van der Waals surface area contributed by atoms with Crippen LogP contribution in [0.2, 0.25) is 0 Å². The lowest BCUT2D eigenvalue weighted by atomic mass is 10.4. The van der Waals surface area contributed by atoms with Gasteiger partial charge in [-0.15, -0.1) is 10.2 Å². The number of aromatic nitrogens is 3. The molecule has 3 rings (SSSR count). The summed E-state index contributed by atoms with van der Waals surface area (Å²) >= 11 is 1.53. The van der Waals surface area contributed by atoms with Gasteiger partial charge in [0.1, 0.15) is 5.82 Å². The van der Waals surface area contributed by atoms with Gasteiger partial charge in [-0.05, 0) is 32.6 Å². The van der Waals surface area contributed by atoms with Crippen LogP contribution >= 0.6 is 11.8 Å². The molecular weight excluding hydrogens is 220 g/mol. The second-order valence-electron chi connectivity index (χ2n) is 4.61. The second kappa shape index (κ2) is 3.77. The average Bonchev–Trinajstić information content (AvgIpc) is 3.18. The van der Waals surface area contributed by atoms with Crippen molar-refractivity contribution < 1.29 is 0 Å². The Morgan fingerprint density at radius 3 is 2.69 bits per heavy atom. The molecule has 2 fully saturated rings. The molecule has 16 heavy (non-hydrogen) atoms. The predicted molar refractivity (Wildman–Crippen MR) is 61.2 cm³/mol. The minimum Gasteiger partial charge on any atom is -0.303 e. The first-order valence-electron chi connectivity index (χ1n) is 5.80. The van der Waals surface area contributed by atoms with Gasteiger partial charge in [0.15, 0.2) is 5.16 Å². The van der Waals surface area contributed by atoms with E-state index in [1.165, 1.54) is 37.4 Å². The van der Waals surface area contributed by atoms with E-state index < -0.39 is 0 Å². The Balaban J connectivity index is 1.89. The van der Waals surface area contributed by atoms with E-state index in [0.717, 1.165) is 11.0 Å². The zero-order chi connectivity index (χ0) is 11.1. The van der Waals surface area contributed by atoms with Crippen LogP contribution in [0.3, 0.4) is 0 Å². The molecule has 1 unspecified atom stereocenters. The fourth-order valence-electron chi connectivity index (χ4n) is 1.85. The minimum atomic E-state index is -0.0475. The van der Waals surface area contributed by atoms with E-state index in [2.05, 4.69) is 20.8 Å². The van der Waals surface area contributed by atoms with E-state index in [0.29, 0.717) is 12.0 Å². The molecule has 0 N–H and O–H groups in total. The van der Waals surface area contributed by atoms with Crippen molar-refractivity contribution >= 4 is 11.8 Å². The molecule has 5 heteroatoms. The molecule has 4 nitrogen and oxygen atoms in total. The topological polar surface area (TPSA) is 54.5 Å². The Morgan fingerprint density at radius 2 is 2.12 bits per heavy atom. The number of hydrogen-bond donors (Lipinski definition) is 0. The van der Waals surface area contributed by atoms with Crippen molar-refractivity contribution in [2.75, 3.05) is 0 Å². The normalized spacial score (nSPS) is 21.8. The van der Waals surface area contributed by atoms with E-state index >= 15 is 0 Å². The molecular formula is C11H14N4S. The molecule has 2 aliphatic rings. The van der Waals surface area contributed by atoms with Gasteiger partial charge in [-0.3, -0.25) is 0 Å². The average molecular weight is 234 g/mol. The van der Waals surface area contributed by atoms with Crippen molar-refractivity contribution in [3.63, 3.8) is 0 Å². The highest BCUT2D eigenvalue weighted by Crippen LogP contribution is 2.46. The first-order chi connectivity index (χ1) is 7.79. The third kappa shape index (κ3) is 1.82. The third-order valence-corrected chi connectivity index (χ3v) is 3.96. The fraction of sp³-hybridized carbons (Fsp3) is 0.727. The van der Waals surface area contributed by atoms with Crippen molar-refractivity contribution in [3.8, 4) is 6.07 Å². The number of nitrogens with zero attached hydrogens (tertiary/aromatic N) is 4. The van der Waals surface area contributed by atoms with Crippen LogP contribution in [0.4, 0.5) is 0 Å². The molecule has 84 valence electrons. The van der Waals surface area contributed by atoms with E-state index in [-0.39, 0.29) is 5.25 Å². The maximum Gasteiger partial charge on any atom is 0.192 e. The molecule has 0 aliphatic heterocycles. The van der Waals surface area contributed by atoms with Gasteiger partial charge in [0.25, 0.3) is 0 Å². The van der Waals surface area contributed by atoms with Gasteiger partial charge < -0.3 is 4.57 Å². The van der Waals surface area contributed by atoms with Crippen LogP contribution in [-0.4, -0.2) is 20.0 Å². The minimum absolute atomic E-state index is 0.0475. The lowest BCUT2D eigenvalue weighted by Crippen LogP contribution is -2.03. The number of thioether (sulfide) groups is 1. The molecule has 2 aliphatic carbocycles. The van der Waals surface area contributed by atoms with Gasteiger partial charge >= 0.3 is 0 Å².